The number of esters is 1. The fourth-order valence-corrected chi connectivity index (χ4v) is 2.52. The van der Waals surface area contributed by atoms with Crippen LogP contribution in [0.25, 0.3) is 0 Å². The summed E-state index contributed by atoms with van der Waals surface area (Å²) in [6.45, 7) is 2.21. The summed E-state index contributed by atoms with van der Waals surface area (Å²) in [5, 5.41) is 0. The van der Waals surface area contributed by atoms with Crippen LogP contribution in [0.2, 0.25) is 0 Å². The maximum atomic E-state index is 14.7. The summed E-state index contributed by atoms with van der Waals surface area (Å²) < 4.78 is 293. The number of carbonyl (C=O) groups is 1. The molecule has 23 heteroatoms. The largest absolute Gasteiger partial charge is 0.413 e. The standard InChI is InChI=1S/C15H5F21O2/c1-3(2)4(37)38-15(36)13(32,33)11(28,29)9(24,25)7(20,21)5(16,17)6(18,19)8(22,23)10(26,27)12(30,31)14(15,34)35/h1H2,2H3. The molecular formula is C15H5F21O2. The van der Waals surface area contributed by atoms with E-state index in [1.807, 2.05) is 0 Å². The molecular weight excluding hydrogens is 611 g/mol. The summed E-state index contributed by atoms with van der Waals surface area (Å²) in [6, 6.07) is 0. The summed E-state index contributed by atoms with van der Waals surface area (Å²) in [5.74, 6) is -104. The molecule has 0 spiro atoms. The Balaban J connectivity index is 4.63. The van der Waals surface area contributed by atoms with Gasteiger partial charge in [0.05, 0.1) is 0 Å². The second-order valence-electron chi connectivity index (χ2n) is 7.51. The number of hydrogen-bond acceptors (Lipinski definition) is 2. The van der Waals surface area contributed by atoms with Gasteiger partial charge in [0.1, 0.15) is 0 Å². The normalized spacial score (nSPS) is 30.8. The van der Waals surface area contributed by atoms with Gasteiger partial charge in [-0.15, -0.1) is 0 Å². The van der Waals surface area contributed by atoms with Crippen LogP contribution in [0.5, 0.6) is 0 Å². The summed E-state index contributed by atoms with van der Waals surface area (Å²) >= 11 is 0. The van der Waals surface area contributed by atoms with Gasteiger partial charge >= 0.3 is 71.0 Å². The molecule has 0 radical (unpaired) electrons. The lowest BCUT2D eigenvalue weighted by Crippen LogP contribution is -2.78. The zero-order chi connectivity index (χ0) is 31.4. The number of hydrogen-bond donors (Lipinski definition) is 0. The molecule has 1 rings (SSSR count). The van der Waals surface area contributed by atoms with Gasteiger partial charge in [-0.1, -0.05) is 6.58 Å². The predicted octanol–water partition coefficient (Wildman–Crippen LogP) is 7.14. The summed E-state index contributed by atoms with van der Waals surface area (Å²) in [4.78, 5) is 11.2. The molecule has 1 aliphatic carbocycles. The molecule has 0 saturated heterocycles. The third-order valence-corrected chi connectivity index (χ3v) is 4.94. The van der Waals surface area contributed by atoms with Crippen LogP contribution in [-0.4, -0.2) is 71.0 Å². The first kappa shape index (κ1) is 33.8. The van der Waals surface area contributed by atoms with Crippen LogP contribution in [0.15, 0.2) is 12.2 Å². The molecule has 38 heavy (non-hydrogen) atoms. The first-order valence-corrected chi connectivity index (χ1v) is 8.43. The molecule has 0 aromatic carbocycles. The lowest BCUT2D eigenvalue weighted by Gasteiger charge is -2.45. The van der Waals surface area contributed by atoms with Gasteiger partial charge in [-0.2, -0.15) is 92.2 Å². The Morgan fingerprint density at radius 1 is 0.421 bits per heavy atom. The molecule has 224 valence electrons. The Morgan fingerprint density at radius 3 is 0.737 bits per heavy atom. The van der Waals surface area contributed by atoms with E-state index in [9.17, 15) is 97.0 Å². The van der Waals surface area contributed by atoms with Crippen LogP contribution in [0, 0.1) is 0 Å². The molecule has 0 aromatic heterocycles. The number of rotatable bonds is 2. The van der Waals surface area contributed by atoms with Crippen molar-refractivity contribution in [1.29, 1.82) is 0 Å². The fourth-order valence-electron chi connectivity index (χ4n) is 2.52. The van der Waals surface area contributed by atoms with E-state index in [1.54, 1.807) is 0 Å². The topological polar surface area (TPSA) is 26.3 Å². The van der Waals surface area contributed by atoms with Gasteiger partial charge in [0.2, 0.25) is 0 Å². The number of ether oxygens (including phenoxy) is 1. The fraction of sp³-hybridized carbons (Fsp3) is 0.800. The Hall–Kier alpha value is -2.26. The maximum Gasteiger partial charge on any atom is 0.391 e. The first-order chi connectivity index (χ1) is 16.1. The number of alkyl halides is 21. The highest BCUT2D eigenvalue weighted by atomic mass is 19.4. The van der Waals surface area contributed by atoms with Gasteiger partial charge in [-0.25, -0.2) is 4.79 Å². The van der Waals surface area contributed by atoms with Gasteiger partial charge in [-0.3, -0.25) is 0 Å². The van der Waals surface area contributed by atoms with Gasteiger partial charge < -0.3 is 4.74 Å². The van der Waals surface area contributed by atoms with Gasteiger partial charge in [0.15, 0.2) is 0 Å². The Bertz CT molecular complexity index is 931. The predicted molar refractivity (Wildman–Crippen MR) is 74.2 cm³/mol. The van der Waals surface area contributed by atoms with E-state index in [0.29, 0.717) is 0 Å². The van der Waals surface area contributed by atoms with Crippen LogP contribution in [0.4, 0.5) is 92.2 Å². The SMILES string of the molecule is C=C(C)C(=O)OC1(F)C(F)(F)C(F)(F)C(F)(F)C(F)(F)C(F)(F)C(F)(F)C(F)(F)C(F)(F)C(F)(F)C1(F)F. The van der Waals surface area contributed by atoms with Crippen LogP contribution in [0.3, 0.4) is 0 Å². The average Bonchev–Trinajstić information content (AvgIpc) is 2.71. The van der Waals surface area contributed by atoms with Crippen molar-refractivity contribution in [2.24, 2.45) is 0 Å². The molecule has 0 aromatic rings. The highest BCUT2D eigenvalue weighted by molar-refractivity contribution is 5.87. The van der Waals surface area contributed by atoms with Crippen LogP contribution < -0.4 is 0 Å². The van der Waals surface area contributed by atoms with Crippen LogP contribution in [0.1, 0.15) is 6.92 Å². The van der Waals surface area contributed by atoms with E-state index in [4.69, 9.17) is 0 Å². The lowest BCUT2D eigenvalue weighted by atomic mass is 9.86. The van der Waals surface area contributed by atoms with E-state index < -0.39 is 76.6 Å². The second kappa shape index (κ2) is 7.90. The number of halogens is 21. The minimum Gasteiger partial charge on any atom is -0.413 e. The minimum atomic E-state index is -9.21. The Labute approximate surface area is 193 Å². The van der Waals surface area contributed by atoms with Crippen LogP contribution >= 0.6 is 0 Å². The molecule has 1 saturated carbocycles. The quantitative estimate of drug-likeness (QED) is 0.188. The highest BCUT2D eigenvalue weighted by Gasteiger charge is 3.03. The van der Waals surface area contributed by atoms with Crippen molar-refractivity contribution >= 4 is 5.97 Å². The Morgan fingerprint density at radius 2 is 0.579 bits per heavy atom. The number of carbonyl (C=O) groups excluding carboxylic acids is 1. The molecule has 0 bridgehead atoms. The molecule has 0 aliphatic heterocycles. The van der Waals surface area contributed by atoms with E-state index in [1.165, 1.54) is 0 Å². The van der Waals surface area contributed by atoms with Gasteiger partial charge in [0, 0.05) is 5.57 Å². The molecule has 0 N–H and O–H groups in total. The third-order valence-electron chi connectivity index (χ3n) is 4.94. The summed E-state index contributed by atoms with van der Waals surface area (Å²) in [5.41, 5.74) is -1.86. The minimum absolute atomic E-state index is 0.00386. The van der Waals surface area contributed by atoms with Crippen molar-refractivity contribution in [1.82, 2.24) is 0 Å². The molecule has 0 atom stereocenters. The molecule has 2 nitrogen and oxygen atoms in total. The van der Waals surface area contributed by atoms with Gasteiger partial charge in [-0.05, 0) is 6.92 Å². The van der Waals surface area contributed by atoms with Crippen molar-refractivity contribution in [2.75, 3.05) is 0 Å². The van der Waals surface area contributed by atoms with Crippen molar-refractivity contribution in [3.63, 3.8) is 0 Å². The van der Waals surface area contributed by atoms with Crippen LogP contribution in [-0.2, 0) is 9.53 Å². The third kappa shape index (κ3) is 3.23. The van der Waals surface area contributed by atoms with Crippen molar-refractivity contribution < 1.29 is 102 Å². The molecule has 1 aliphatic rings. The van der Waals surface area contributed by atoms with Crippen molar-refractivity contribution in [3.8, 4) is 0 Å². The monoisotopic (exact) mass is 616 g/mol. The summed E-state index contributed by atoms with van der Waals surface area (Å²) in [7, 11) is 0. The first-order valence-electron chi connectivity index (χ1n) is 8.43. The van der Waals surface area contributed by atoms with Crippen molar-refractivity contribution in [2.45, 2.75) is 72.0 Å². The zero-order valence-electron chi connectivity index (χ0n) is 17.0. The summed E-state index contributed by atoms with van der Waals surface area (Å²) in [6.07, 6.45) is 0. The van der Waals surface area contributed by atoms with E-state index >= 15 is 0 Å². The van der Waals surface area contributed by atoms with E-state index in [-0.39, 0.29) is 6.92 Å². The highest BCUT2D eigenvalue weighted by Crippen LogP contribution is 2.70. The Kier molecular flexibility index (Phi) is 7.02. The molecule has 1 fully saturated rings. The maximum absolute atomic E-state index is 14.7. The average molecular weight is 616 g/mol. The van der Waals surface area contributed by atoms with E-state index in [2.05, 4.69) is 11.3 Å². The zero-order valence-corrected chi connectivity index (χ0v) is 17.0. The van der Waals surface area contributed by atoms with E-state index in [0.717, 1.165) is 0 Å². The smallest absolute Gasteiger partial charge is 0.391 e. The van der Waals surface area contributed by atoms with Crippen molar-refractivity contribution in [3.05, 3.63) is 12.2 Å². The molecule has 0 unspecified atom stereocenters. The molecule has 0 heterocycles. The molecule has 0 amide bonds. The lowest BCUT2D eigenvalue weighted by molar-refractivity contribution is -0.474. The second-order valence-corrected chi connectivity index (χ2v) is 7.51. The van der Waals surface area contributed by atoms with Gasteiger partial charge in [0.25, 0.3) is 0 Å².